The summed E-state index contributed by atoms with van der Waals surface area (Å²) < 4.78 is 5.18. The standard InChI is InChI=1S/C15H24N2O2/c1-5-16-11(2)9-15(18)17-12(3)13-7-6-8-14(10-13)19-4/h6-8,10-12,16H,5,9H2,1-4H3,(H,17,18)/t11?,12-/m1/s1. The van der Waals surface area contributed by atoms with E-state index in [1.807, 2.05) is 45.0 Å². The van der Waals surface area contributed by atoms with Gasteiger partial charge in [-0.2, -0.15) is 0 Å². The summed E-state index contributed by atoms with van der Waals surface area (Å²) in [7, 11) is 1.64. The highest BCUT2D eigenvalue weighted by Gasteiger charge is 2.12. The van der Waals surface area contributed by atoms with E-state index in [1.165, 1.54) is 0 Å². The minimum atomic E-state index is -0.0172. The zero-order valence-corrected chi connectivity index (χ0v) is 12.2. The SMILES string of the molecule is CCNC(C)CC(=O)N[C@H](C)c1cccc(OC)c1. The Labute approximate surface area is 115 Å². The molecule has 1 unspecified atom stereocenters. The number of carbonyl (C=O) groups is 1. The van der Waals surface area contributed by atoms with E-state index < -0.39 is 0 Å². The van der Waals surface area contributed by atoms with Gasteiger partial charge in [0, 0.05) is 12.5 Å². The third-order valence-electron chi connectivity index (χ3n) is 3.02. The Bertz CT molecular complexity index is 407. The predicted octanol–water partition coefficient (Wildman–Crippen LogP) is 2.26. The Morgan fingerprint density at radius 1 is 1.37 bits per heavy atom. The lowest BCUT2D eigenvalue weighted by molar-refractivity contribution is -0.122. The van der Waals surface area contributed by atoms with Crippen LogP contribution in [0.2, 0.25) is 0 Å². The third kappa shape index (κ3) is 5.30. The average Bonchev–Trinajstić information content (AvgIpc) is 2.38. The number of rotatable bonds is 7. The molecule has 1 rings (SSSR count). The lowest BCUT2D eigenvalue weighted by Gasteiger charge is -2.17. The Morgan fingerprint density at radius 3 is 2.74 bits per heavy atom. The van der Waals surface area contributed by atoms with Crippen molar-refractivity contribution in [3.05, 3.63) is 29.8 Å². The summed E-state index contributed by atoms with van der Waals surface area (Å²) in [6.07, 6.45) is 0.488. The van der Waals surface area contributed by atoms with Gasteiger partial charge < -0.3 is 15.4 Å². The highest BCUT2D eigenvalue weighted by Crippen LogP contribution is 2.18. The molecule has 0 aromatic heterocycles. The summed E-state index contributed by atoms with van der Waals surface area (Å²) in [5, 5.41) is 6.23. The van der Waals surface area contributed by atoms with Crippen LogP contribution >= 0.6 is 0 Å². The summed E-state index contributed by atoms with van der Waals surface area (Å²) in [5.41, 5.74) is 1.05. The normalized spacial score (nSPS) is 13.7. The zero-order chi connectivity index (χ0) is 14.3. The first-order valence-electron chi connectivity index (χ1n) is 6.73. The first-order chi connectivity index (χ1) is 9.06. The molecule has 0 aliphatic rings. The fourth-order valence-electron chi connectivity index (χ4n) is 1.99. The van der Waals surface area contributed by atoms with Gasteiger partial charge in [0.25, 0.3) is 0 Å². The Hall–Kier alpha value is -1.55. The molecule has 19 heavy (non-hydrogen) atoms. The largest absolute Gasteiger partial charge is 0.497 e. The molecule has 2 atom stereocenters. The van der Waals surface area contributed by atoms with Crippen molar-refractivity contribution in [2.24, 2.45) is 0 Å². The molecule has 0 fully saturated rings. The summed E-state index contributed by atoms with van der Waals surface area (Å²) in [6.45, 7) is 6.90. The monoisotopic (exact) mass is 264 g/mol. The molecular weight excluding hydrogens is 240 g/mol. The van der Waals surface area contributed by atoms with Crippen molar-refractivity contribution in [1.29, 1.82) is 0 Å². The summed E-state index contributed by atoms with van der Waals surface area (Å²) in [5.74, 6) is 0.864. The molecule has 0 aliphatic heterocycles. The van der Waals surface area contributed by atoms with Crippen LogP contribution in [0.1, 0.15) is 38.8 Å². The van der Waals surface area contributed by atoms with E-state index in [2.05, 4.69) is 10.6 Å². The van der Waals surface area contributed by atoms with Gasteiger partial charge in [-0.1, -0.05) is 19.1 Å². The van der Waals surface area contributed by atoms with Crippen molar-refractivity contribution >= 4 is 5.91 Å². The van der Waals surface area contributed by atoms with Crippen LogP contribution in [0.3, 0.4) is 0 Å². The van der Waals surface area contributed by atoms with Crippen molar-refractivity contribution in [1.82, 2.24) is 10.6 Å². The van der Waals surface area contributed by atoms with Crippen molar-refractivity contribution in [3.8, 4) is 5.75 Å². The number of nitrogens with one attached hydrogen (secondary N) is 2. The van der Waals surface area contributed by atoms with E-state index in [1.54, 1.807) is 7.11 Å². The topological polar surface area (TPSA) is 50.4 Å². The number of methoxy groups -OCH3 is 1. The highest BCUT2D eigenvalue weighted by atomic mass is 16.5. The average molecular weight is 264 g/mol. The molecule has 1 aromatic rings. The molecule has 0 saturated heterocycles. The van der Waals surface area contributed by atoms with Crippen molar-refractivity contribution in [2.45, 2.75) is 39.3 Å². The summed E-state index contributed by atoms with van der Waals surface area (Å²) in [6, 6.07) is 7.93. The second-order valence-electron chi connectivity index (χ2n) is 4.73. The van der Waals surface area contributed by atoms with E-state index >= 15 is 0 Å². The Morgan fingerprint density at radius 2 is 2.11 bits per heavy atom. The summed E-state index contributed by atoms with van der Waals surface area (Å²) in [4.78, 5) is 11.9. The van der Waals surface area contributed by atoms with Crippen LogP contribution in [-0.4, -0.2) is 25.6 Å². The highest BCUT2D eigenvalue weighted by molar-refractivity contribution is 5.77. The minimum absolute atomic E-state index is 0.0172. The number of hydrogen-bond donors (Lipinski definition) is 2. The fourth-order valence-corrected chi connectivity index (χ4v) is 1.99. The first-order valence-corrected chi connectivity index (χ1v) is 6.73. The van der Waals surface area contributed by atoms with Gasteiger partial charge in [-0.25, -0.2) is 0 Å². The van der Waals surface area contributed by atoms with Gasteiger partial charge >= 0.3 is 0 Å². The van der Waals surface area contributed by atoms with Crippen molar-refractivity contribution in [2.75, 3.05) is 13.7 Å². The Balaban J connectivity index is 2.53. The lowest BCUT2D eigenvalue weighted by atomic mass is 10.1. The van der Waals surface area contributed by atoms with Gasteiger partial charge in [0.05, 0.1) is 13.2 Å². The molecule has 0 heterocycles. The van der Waals surface area contributed by atoms with Crippen LogP contribution in [0.15, 0.2) is 24.3 Å². The van der Waals surface area contributed by atoms with Crippen LogP contribution in [0, 0.1) is 0 Å². The molecule has 4 nitrogen and oxygen atoms in total. The molecule has 0 saturated carbocycles. The molecule has 2 N–H and O–H groups in total. The second kappa shape index (κ2) is 7.79. The van der Waals surface area contributed by atoms with E-state index in [4.69, 9.17) is 4.74 Å². The molecule has 1 aromatic carbocycles. The second-order valence-corrected chi connectivity index (χ2v) is 4.73. The van der Waals surface area contributed by atoms with Gasteiger partial charge in [-0.15, -0.1) is 0 Å². The maximum absolute atomic E-state index is 11.9. The van der Waals surface area contributed by atoms with Gasteiger partial charge in [0.1, 0.15) is 5.75 Å². The van der Waals surface area contributed by atoms with Crippen LogP contribution in [0.5, 0.6) is 5.75 Å². The van der Waals surface area contributed by atoms with Crippen molar-refractivity contribution in [3.63, 3.8) is 0 Å². The number of hydrogen-bond acceptors (Lipinski definition) is 3. The van der Waals surface area contributed by atoms with Crippen molar-refractivity contribution < 1.29 is 9.53 Å². The van der Waals surface area contributed by atoms with Crippen LogP contribution in [-0.2, 0) is 4.79 Å². The fraction of sp³-hybridized carbons (Fsp3) is 0.533. The third-order valence-corrected chi connectivity index (χ3v) is 3.02. The first kappa shape index (κ1) is 15.5. The number of carbonyl (C=O) groups excluding carboxylic acids is 1. The van der Waals surface area contributed by atoms with Crippen LogP contribution < -0.4 is 15.4 Å². The molecular formula is C15H24N2O2. The van der Waals surface area contributed by atoms with Crippen LogP contribution in [0.4, 0.5) is 0 Å². The van der Waals surface area contributed by atoms with Gasteiger partial charge in [-0.3, -0.25) is 4.79 Å². The van der Waals surface area contributed by atoms with E-state index in [0.717, 1.165) is 17.9 Å². The number of amides is 1. The van der Waals surface area contributed by atoms with Gasteiger partial charge in [0.2, 0.25) is 5.91 Å². The lowest BCUT2D eigenvalue weighted by Crippen LogP contribution is -2.34. The maximum atomic E-state index is 11.9. The van der Waals surface area contributed by atoms with E-state index in [0.29, 0.717) is 6.42 Å². The van der Waals surface area contributed by atoms with Gasteiger partial charge in [-0.05, 0) is 38.1 Å². The van der Waals surface area contributed by atoms with E-state index in [-0.39, 0.29) is 18.0 Å². The predicted molar refractivity (Wildman–Crippen MR) is 77.3 cm³/mol. The van der Waals surface area contributed by atoms with Crippen LogP contribution in [0.25, 0.3) is 0 Å². The summed E-state index contributed by atoms with van der Waals surface area (Å²) >= 11 is 0. The molecule has 0 bridgehead atoms. The minimum Gasteiger partial charge on any atom is -0.497 e. The molecule has 106 valence electrons. The zero-order valence-electron chi connectivity index (χ0n) is 12.2. The smallest absolute Gasteiger partial charge is 0.222 e. The maximum Gasteiger partial charge on any atom is 0.222 e. The molecule has 0 radical (unpaired) electrons. The van der Waals surface area contributed by atoms with Gasteiger partial charge in [0.15, 0.2) is 0 Å². The quantitative estimate of drug-likeness (QED) is 0.794. The number of benzene rings is 1. The molecule has 0 spiro atoms. The molecule has 1 amide bonds. The van der Waals surface area contributed by atoms with E-state index in [9.17, 15) is 4.79 Å². The molecule has 4 heteroatoms. The Kier molecular flexibility index (Phi) is 6.36. The number of ether oxygens (including phenoxy) is 1. The molecule has 0 aliphatic carbocycles.